The number of hydrogen-bond donors (Lipinski definition) is 2. The summed E-state index contributed by atoms with van der Waals surface area (Å²) in [4.78, 5) is 0. The normalized spacial score (nSPS) is 11.1. The van der Waals surface area contributed by atoms with Crippen LogP contribution in [0.4, 0.5) is 0 Å². The van der Waals surface area contributed by atoms with Crippen molar-refractivity contribution in [2.75, 3.05) is 40.4 Å². The van der Waals surface area contributed by atoms with Gasteiger partial charge in [-0.3, -0.25) is 0 Å². The monoisotopic (exact) mass is 300 g/mol. The van der Waals surface area contributed by atoms with Crippen molar-refractivity contribution in [1.29, 1.82) is 0 Å². The maximum atomic E-state index is 5.70. The second-order valence-electron chi connectivity index (χ2n) is 6.06. The molecule has 0 aromatic heterocycles. The van der Waals surface area contributed by atoms with Crippen LogP contribution >= 0.6 is 0 Å². The molecule has 3 heteroatoms. The Balaban J connectivity index is 2.90. The molecule has 3 nitrogen and oxygen atoms in total. The molecule has 0 aliphatic carbocycles. The minimum Gasteiger partial charge on any atom is -0.381 e. The van der Waals surface area contributed by atoms with Crippen LogP contribution in [0.2, 0.25) is 0 Å². The van der Waals surface area contributed by atoms with Crippen molar-refractivity contribution in [2.24, 2.45) is 0 Å². The lowest BCUT2D eigenvalue weighted by atomic mass is 10.1. The fraction of sp³-hybridized carbons (Fsp3) is 1.00. The Morgan fingerprint density at radius 3 is 1.19 bits per heavy atom. The van der Waals surface area contributed by atoms with E-state index in [4.69, 9.17) is 4.74 Å². The van der Waals surface area contributed by atoms with E-state index in [0.717, 1.165) is 13.2 Å². The standard InChI is InChI=1S/C18H40N2O/c1-19-15-11-7-3-5-9-13-17-21-18-14-10-6-4-8-12-16-20-2/h19-20H,3-18H2,1-2H3. The van der Waals surface area contributed by atoms with Crippen LogP contribution in [0.25, 0.3) is 0 Å². The van der Waals surface area contributed by atoms with Gasteiger partial charge in [-0.15, -0.1) is 0 Å². The summed E-state index contributed by atoms with van der Waals surface area (Å²) in [5.41, 5.74) is 0. The van der Waals surface area contributed by atoms with Gasteiger partial charge >= 0.3 is 0 Å². The van der Waals surface area contributed by atoms with Gasteiger partial charge < -0.3 is 15.4 Å². The molecule has 0 atom stereocenters. The summed E-state index contributed by atoms with van der Waals surface area (Å²) < 4.78 is 5.70. The molecule has 0 unspecified atom stereocenters. The van der Waals surface area contributed by atoms with Crippen LogP contribution in [0.3, 0.4) is 0 Å². The van der Waals surface area contributed by atoms with Gasteiger partial charge in [0, 0.05) is 13.2 Å². The Bertz CT molecular complexity index is 159. The van der Waals surface area contributed by atoms with Crippen LogP contribution in [-0.4, -0.2) is 40.4 Å². The Labute approximate surface area is 133 Å². The van der Waals surface area contributed by atoms with E-state index >= 15 is 0 Å². The topological polar surface area (TPSA) is 33.3 Å². The van der Waals surface area contributed by atoms with E-state index in [1.54, 1.807) is 0 Å². The maximum absolute atomic E-state index is 5.70. The molecule has 0 aromatic carbocycles. The van der Waals surface area contributed by atoms with Gasteiger partial charge in [-0.2, -0.15) is 0 Å². The lowest BCUT2D eigenvalue weighted by Gasteiger charge is -2.05. The fourth-order valence-corrected chi connectivity index (χ4v) is 2.53. The largest absolute Gasteiger partial charge is 0.381 e. The van der Waals surface area contributed by atoms with Crippen molar-refractivity contribution < 1.29 is 4.74 Å². The SMILES string of the molecule is CNCCCCCCCCOCCCCCCCCNC. The molecule has 0 aliphatic rings. The van der Waals surface area contributed by atoms with E-state index in [2.05, 4.69) is 10.6 Å². The fourth-order valence-electron chi connectivity index (χ4n) is 2.53. The molecule has 0 amide bonds. The third-order valence-corrected chi connectivity index (χ3v) is 3.93. The van der Waals surface area contributed by atoms with Crippen molar-refractivity contribution in [3.8, 4) is 0 Å². The average Bonchev–Trinajstić information content (AvgIpc) is 2.50. The van der Waals surface area contributed by atoms with Crippen molar-refractivity contribution in [2.45, 2.75) is 77.0 Å². The van der Waals surface area contributed by atoms with E-state index in [-0.39, 0.29) is 0 Å². The Hall–Kier alpha value is -0.120. The minimum atomic E-state index is 0.971. The first-order valence-corrected chi connectivity index (χ1v) is 9.28. The van der Waals surface area contributed by atoms with Crippen LogP contribution in [0, 0.1) is 0 Å². The number of hydrogen-bond acceptors (Lipinski definition) is 3. The second-order valence-corrected chi connectivity index (χ2v) is 6.06. The zero-order valence-corrected chi connectivity index (χ0v) is 14.7. The molecule has 128 valence electrons. The summed E-state index contributed by atoms with van der Waals surface area (Å²) in [6, 6.07) is 0. The lowest BCUT2D eigenvalue weighted by molar-refractivity contribution is 0.125. The second kappa shape index (κ2) is 19.9. The van der Waals surface area contributed by atoms with Gasteiger partial charge in [0.05, 0.1) is 0 Å². The van der Waals surface area contributed by atoms with Crippen molar-refractivity contribution in [1.82, 2.24) is 10.6 Å². The molecule has 0 saturated heterocycles. The summed E-state index contributed by atoms with van der Waals surface area (Å²) >= 11 is 0. The van der Waals surface area contributed by atoms with Gasteiger partial charge in [0.2, 0.25) is 0 Å². The van der Waals surface area contributed by atoms with Crippen LogP contribution in [0.15, 0.2) is 0 Å². The summed E-state index contributed by atoms with van der Waals surface area (Å²) in [7, 11) is 4.06. The highest BCUT2D eigenvalue weighted by Crippen LogP contribution is 2.07. The minimum absolute atomic E-state index is 0.971. The molecule has 0 rings (SSSR count). The van der Waals surface area contributed by atoms with Crippen LogP contribution < -0.4 is 10.6 Å². The van der Waals surface area contributed by atoms with E-state index in [9.17, 15) is 0 Å². The van der Waals surface area contributed by atoms with Gasteiger partial charge in [0.1, 0.15) is 0 Å². The van der Waals surface area contributed by atoms with Crippen LogP contribution in [0.1, 0.15) is 77.0 Å². The number of unbranched alkanes of at least 4 members (excludes halogenated alkanes) is 10. The molecule has 0 saturated carbocycles. The van der Waals surface area contributed by atoms with Crippen LogP contribution in [-0.2, 0) is 4.74 Å². The number of rotatable bonds is 18. The first-order valence-electron chi connectivity index (χ1n) is 9.28. The highest BCUT2D eigenvalue weighted by atomic mass is 16.5. The molecule has 0 radical (unpaired) electrons. The quantitative estimate of drug-likeness (QED) is 0.374. The first kappa shape index (κ1) is 20.9. The van der Waals surface area contributed by atoms with E-state index in [1.165, 1.54) is 90.1 Å². The number of ether oxygens (including phenoxy) is 1. The Morgan fingerprint density at radius 1 is 0.476 bits per heavy atom. The molecule has 0 fully saturated rings. The number of nitrogens with one attached hydrogen (secondary N) is 2. The summed E-state index contributed by atoms with van der Waals surface area (Å²) in [5.74, 6) is 0. The Morgan fingerprint density at radius 2 is 0.810 bits per heavy atom. The molecule has 0 bridgehead atoms. The van der Waals surface area contributed by atoms with Gasteiger partial charge in [-0.25, -0.2) is 0 Å². The molecular formula is C18H40N2O. The zero-order valence-electron chi connectivity index (χ0n) is 14.7. The third-order valence-electron chi connectivity index (χ3n) is 3.93. The van der Waals surface area contributed by atoms with E-state index < -0.39 is 0 Å². The van der Waals surface area contributed by atoms with Crippen molar-refractivity contribution in [3.63, 3.8) is 0 Å². The predicted molar refractivity (Wildman–Crippen MR) is 94.1 cm³/mol. The van der Waals surface area contributed by atoms with Crippen molar-refractivity contribution in [3.05, 3.63) is 0 Å². The Kier molecular flexibility index (Phi) is 19.8. The van der Waals surface area contributed by atoms with Gasteiger partial charge in [-0.05, 0) is 52.9 Å². The highest BCUT2D eigenvalue weighted by Gasteiger charge is 1.94. The van der Waals surface area contributed by atoms with Crippen LogP contribution in [0.5, 0.6) is 0 Å². The van der Waals surface area contributed by atoms with E-state index in [0.29, 0.717) is 0 Å². The molecule has 0 spiro atoms. The molecule has 0 heterocycles. The summed E-state index contributed by atoms with van der Waals surface area (Å²) in [6.07, 6.45) is 16.1. The van der Waals surface area contributed by atoms with E-state index in [1.807, 2.05) is 14.1 Å². The highest BCUT2D eigenvalue weighted by molar-refractivity contribution is 4.48. The third kappa shape index (κ3) is 19.9. The summed E-state index contributed by atoms with van der Waals surface area (Å²) in [5, 5.41) is 6.39. The van der Waals surface area contributed by atoms with Gasteiger partial charge in [0.25, 0.3) is 0 Å². The molecule has 21 heavy (non-hydrogen) atoms. The van der Waals surface area contributed by atoms with Gasteiger partial charge in [0.15, 0.2) is 0 Å². The van der Waals surface area contributed by atoms with Crippen molar-refractivity contribution >= 4 is 0 Å². The maximum Gasteiger partial charge on any atom is 0.0466 e. The molecule has 0 aliphatic heterocycles. The summed E-state index contributed by atoms with van der Waals surface area (Å²) in [6.45, 7) is 4.27. The lowest BCUT2D eigenvalue weighted by Crippen LogP contribution is -2.06. The first-order chi connectivity index (χ1) is 10.4. The average molecular weight is 301 g/mol. The smallest absolute Gasteiger partial charge is 0.0466 e. The zero-order chi connectivity index (χ0) is 15.4. The molecule has 0 aromatic rings. The van der Waals surface area contributed by atoms with Gasteiger partial charge in [-0.1, -0.05) is 51.4 Å². The predicted octanol–water partition coefficient (Wildman–Crippen LogP) is 4.12. The molecule has 2 N–H and O–H groups in total. The molecular weight excluding hydrogens is 260 g/mol.